The number of hydrogen-bond donors (Lipinski definition) is 2. The van der Waals surface area contributed by atoms with Gasteiger partial charge >= 0.3 is 0 Å². The number of thiazole rings is 1. The molecule has 2 heterocycles. The van der Waals surface area contributed by atoms with Crippen molar-refractivity contribution in [3.05, 3.63) is 28.7 Å². The number of nitrogen functional groups attached to an aromatic ring is 1. The molecule has 0 fully saturated rings. The Labute approximate surface area is 116 Å². The molecule has 0 spiro atoms. The van der Waals surface area contributed by atoms with Gasteiger partial charge in [0.05, 0.1) is 23.4 Å². The largest absolute Gasteiger partial charge is 0.470 e. The van der Waals surface area contributed by atoms with E-state index in [1.54, 1.807) is 17.4 Å². The van der Waals surface area contributed by atoms with Gasteiger partial charge in [-0.3, -0.25) is 0 Å². The normalized spacial score (nSPS) is 11.3. The van der Waals surface area contributed by atoms with Gasteiger partial charge < -0.3 is 15.8 Å². The van der Waals surface area contributed by atoms with Gasteiger partial charge in [-0.05, 0) is 32.9 Å². The molecule has 0 saturated carbocycles. The summed E-state index contributed by atoms with van der Waals surface area (Å²) in [6.45, 7) is 6.52. The molecule has 2 aromatic heterocycles. The average Bonchev–Trinajstić information content (AvgIpc) is 2.81. The minimum atomic E-state index is -0.325. The van der Waals surface area contributed by atoms with Gasteiger partial charge in [-0.15, -0.1) is 11.3 Å². The van der Waals surface area contributed by atoms with Gasteiger partial charge in [0, 0.05) is 5.38 Å². The van der Waals surface area contributed by atoms with Crippen LogP contribution in [-0.2, 0) is 6.54 Å². The number of rotatable bonds is 4. The second-order valence-corrected chi connectivity index (χ2v) is 5.86. The summed E-state index contributed by atoms with van der Waals surface area (Å²) in [6.07, 6.45) is 0. The van der Waals surface area contributed by atoms with E-state index in [-0.39, 0.29) is 5.60 Å². The van der Waals surface area contributed by atoms with Crippen LogP contribution < -0.4 is 15.8 Å². The first-order valence-electron chi connectivity index (χ1n) is 6.00. The molecule has 0 atom stereocenters. The number of anilines is 2. The van der Waals surface area contributed by atoms with Gasteiger partial charge in [0.25, 0.3) is 0 Å². The van der Waals surface area contributed by atoms with Crippen LogP contribution in [0.4, 0.5) is 11.5 Å². The van der Waals surface area contributed by atoms with E-state index < -0.39 is 0 Å². The van der Waals surface area contributed by atoms with Crippen LogP contribution in [0, 0.1) is 0 Å². The maximum atomic E-state index is 5.86. The van der Waals surface area contributed by atoms with Gasteiger partial charge in [-0.2, -0.15) is 4.98 Å². The summed E-state index contributed by atoms with van der Waals surface area (Å²) in [5.74, 6) is 1.18. The Bertz CT molecular complexity index is 534. The molecule has 0 aliphatic carbocycles. The Morgan fingerprint density at radius 1 is 1.37 bits per heavy atom. The van der Waals surface area contributed by atoms with E-state index >= 15 is 0 Å². The highest BCUT2D eigenvalue weighted by Crippen LogP contribution is 2.25. The highest BCUT2D eigenvalue weighted by Gasteiger charge is 2.15. The number of ether oxygens (including phenoxy) is 1. The third-order valence-electron chi connectivity index (χ3n) is 2.23. The minimum absolute atomic E-state index is 0.325. The van der Waals surface area contributed by atoms with E-state index in [2.05, 4.69) is 15.3 Å². The fourth-order valence-electron chi connectivity index (χ4n) is 1.43. The van der Waals surface area contributed by atoms with Crippen LogP contribution in [0.1, 0.15) is 26.5 Å². The Hall–Kier alpha value is -1.82. The van der Waals surface area contributed by atoms with Crippen LogP contribution in [-0.4, -0.2) is 15.6 Å². The van der Waals surface area contributed by atoms with Crippen molar-refractivity contribution in [2.75, 3.05) is 11.1 Å². The molecule has 0 saturated heterocycles. The third kappa shape index (κ3) is 4.10. The molecule has 19 heavy (non-hydrogen) atoms. The molecule has 0 aromatic carbocycles. The summed E-state index contributed by atoms with van der Waals surface area (Å²) < 4.78 is 5.72. The molecule has 0 aliphatic heterocycles. The zero-order valence-electron chi connectivity index (χ0n) is 11.3. The first kappa shape index (κ1) is 13.6. The molecule has 102 valence electrons. The first-order chi connectivity index (χ1) is 8.94. The molecular weight excluding hydrogens is 260 g/mol. The number of nitrogens with one attached hydrogen (secondary N) is 1. The molecule has 0 unspecified atom stereocenters. The molecule has 0 amide bonds. The van der Waals surface area contributed by atoms with Crippen molar-refractivity contribution in [3.8, 4) is 5.88 Å². The van der Waals surface area contributed by atoms with Crippen molar-refractivity contribution in [1.82, 2.24) is 9.97 Å². The van der Waals surface area contributed by atoms with Crippen molar-refractivity contribution in [2.24, 2.45) is 0 Å². The predicted molar refractivity (Wildman–Crippen MR) is 78.5 cm³/mol. The maximum absolute atomic E-state index is 5.86. The zero-order chi connectivity index (χ0) is 13.9. The molecule has 5 nitrogen and oxygen atoms in total. The van der Waals surface area contributed by atoms with E-state index in [0.29, 0.717) is 18.1 Å². The van der Waals surface area contributed by atoms with Crippen LogP contribution in [0.15, 0.2) is 23.0 Å². The average molecular weight is 278 g/mol. The summed E-state index contributed by atoms with van der Waals surface area (Å²) >= 11 is 1.57. The summed E-state index contributed by atoms with van der Waals surface area (Å²) in [6, 6.07) is 3.62. The Morgan fingerprint density at radius 2 is 2.16 bits per heavy atom. The molecule has 0 radical (unpaired) electrons. The molecule has 0 bridgehead atoms. The number of aromatic nitrogens is 2. The van der Waals surface area contributed by atoms with Crippen molar-refractivity contribution in [2.45, 2.75) is 32.9 Å². The van der Waals surface area contributed by atoms with Crippen molar-refractivity contribution in [3.63, 3.8) is 0 Å². The Kier molecular flexibility index (Phi) is 3.90. The quantitative estimate of drug-likeness (QED) is 0.899. The number of nitrogens with two attached hydrogens (primary N) is 1. The topological polar surface area (TPSA) is 73.1 Å². The van der Waals surface area contributed by atoms with E-state index in [1.165, 1.54) is 0 Å². The molecule has 0 aliphatic rings. The van der Waals surface area contributed by atoms with Gasteiger partial charge in [0.15, 0.2) is 0 Å². The second-order valence-electron chi connectivity index (χ2n) is 5.14. The number of hydrogen-bond acceptors (Lipinski definition) is 6. The summed E-state index contributed by atoms with van der Waals surface area (Å²) in [7, 11) is 0. The molecular formula is C13H18N4OS. The summed E-state index contributed by atoms with van der Waals surface area (Å²) in [4.78, 5) is 8.58. The monoisotopic (exact) mass is 278 g/mol. The smallest absolute Gasteiger partial charge is 0.239 e. The van der Waals surface area contributed by atoms with E-state index in [1.807, 2.05) is 37.7 Å². The first-order valence-corrected chi connectivity index (χ1v) is 6.95. The Morgan fingerprint density at radius 3 is 2.79 bits per heavy atom. The van der Waals surface area contributed by atoms with Crippen LogP contribution in [0.5, 0.6) is 5.88 Å². The highest BCUT2D eigenvalue weighted by molar-refractivity contribution is 7.07. The zero-order valence-corrected chi connectivity index (χ0v) is 12.1. The third-order valence-corrected chi connectivity index (χ3v) is 2.86. The number of pyridine rings is 1. The van der Waals surface area contributed by atoms with Crippen molar-refractivity contribution >= 4 is 22.8 Å². The molecule has 2 aromatic rings. The van der Waals surface area contributed by atoms with E-state index in [9.17, 15) is 0 Å². The van der Waals surface area contributed by atoms with Crippen LogP contribution in [0.2, 0.25) is 0 Å². The van der Waals surface area contributed by atoms with Gasteiger partial charge in [-0.1, -0.05) is 0 Å². The lowest BCUT2D eigenvalue weighted by atomic mass is 10.2. The minimum Gasteiger partial charge on any atom is -0.470 e. The van der Waals surface area contributed by atoms with Crippen LogP contribution in [0.25, 0.3) is 0 Å². The SMILES string of the molecule is CC(C)(C)Oc1nc(NCc2cscn2)ccc1N. The van der Waals surface area contributed by atoms with E-state index in [4.69, 9.17) is 10.5 Å². The van der Waals surface area contributed by atoms with Crippen LogP contribution in [0.3, 0.4) is 0 Å². The lowest BCUT2D eigenvalue weighted by molar-refractivity contribution is 0.125. The fourth-order valence-corrected chi connectivity index (χ4v) is 1.99. The Balaban J connectivity index is 2.07. The van der Waals surface area contributed by atoms with Gasteiger partial charge in [0.1, 0.15) is 11.4 Å². The standard InChI is InChI=1S/C13H18N4OS/c1-13(2,3)18-12-10(14)4-5-11(17-12)15-6-9-7-19-8-16-9/h4-5,7-8H,6,14H2,1-3H3,(H,15,17). The molecule has 3 N–H and O–H groups in total. The van der Waals surface area contributed by atoms with Crippen molar-refractivity contribution < 1.29 is 4.74 Å². The lowest BCUT2D eigenvalue weighted by Crippen LogP contribution is -2.24. The van der Waals surface area contributed by atoms with E-state index in [0.717, 1.165) is 11.5 Å². The van der Waals surface area contributed by atoms with Crippen molar-refractivity contribution in [1.29, 1.82) is 0 Å². The fraction of sp³-hybridized carbons (Fsp3) is 0.385. The van der Waals surface area contributed by atoms with Gasteiger partial charge in [0.2, 0.25) is 5.88 Å². The molecule has 6 heteroatoms. The number of nitrogens with zero attached hydrogens (tertiary/aromatic N) is 2. The highest BCUT2D eigenvalue weighted by atomic mass is 32.1. The summed E-state index contributed by atoms with van der Waals surface area (Å²) in [5.41, 5.74) is 8.87. The molecule has 2 rings (SSSR count). The maximum Gasteiger partial charge on any atom is 0.239 e. The van der Waals surface area contributed by atoms with Crippen LogP contribution >= 0.6 is 11.3 Å². The lowest BCUT2D eigenvalue weighted by Gasteiger charge is -2.21. The van der Waals surface area contributed by atoms with Gasteiger partial charge in [-0.25, -0.2) is 4.98 Å². The summed E-state index contributed by atoms with van der Waals surface area (Å²) in [5, 5.41) is 5.19. The predicted octanol–water partition coefficient (Wildman–Crippen LogP) is 2.91. The second kappa shape index (κ2) is 5.44.